The monoisotopic (exact) mass is 604 g/mol. The molecule has 4 heteroatoms. The van der Waals surface area contributed by atoms with Crippen molar-refractivity contribution >= 4 is 68.8 Å². The van der Waals surface area contributed by atoms with Crippen LogP contribution in [0.1, 0.15) is 61.4 Å². The molecule has 2 aromatic carbocycles. The Balaban J connectivity index is 1.79. The molecule has 0 amide bonds. The maximum Gasteiger partial charge on any atom is 0.185 e. The lowest BCUT2D eigenvalue weighted by Gasteiger charge is -2.03. The molecule has 0 aliphatic heterocycles. The molecule has 0 bridgehead atoms. The average molecular weight is 604 g/mol. The molecule has 0 spiro atoms. The van der Waals surface area contributed by atoms with Crippen LogP contribution in [0.2, 0.25) is 0 Å². The van der Waals surface area contributed by atoms with E-state index >= 15 is 0 Å². The molecular formula is C23H26I2OS. The van der Waals surface area contributed by atoms with Crippen LogP contribution in [0, 0.1) is 7.14 Å². The van der Waals surface area contributed by atoms with Crippen LogP contribution in [0.4, 0.5) is 0 Å². The van der Waals surface area contributed by atoms with Crippen LogP contribution in [-0.4, -0.2) is 11.5 Å². The molecule has 2 aromatic rings. The zero-order valence-corrected chi connectivity index (χ0v) is 20.8. The molecule has 0 heterocycles. The standard InChI is InChI=1S/C23H26I2OS/c1-2-3-4-5-6-7-14-27-22-11-8-18(9-12-22)10-13-23(26)19-15-20(24)17-21(25)16-19/h8-13,15-17H,2-7,14H2,1H3. The molecule has 2 rings (SSSR count). The number of ketones is 1. The lowest BCUT2D eigenvalue weighted by molar-refractivity contribution is 0.104. The summed E-state index contributed by atoms with van der Waals surface area (Å²) in [5.74, 6) is 1.23. The van der Waals surface area contributed by atoms with Gasteiger partial charge >= 0.3 is 0 Å². The summed E-state index contributed by atoms with van der Waals surface area (Å²) in [4.78, 5) is 13.7. The maximum absolute atomic E-state index is 12.4. The van der Waals surface area contributed by atoms with Gasteiger partial charge in [-0.2, -0.15) is 0 Å². The first kappa shape index (κ1) is 22.9. The van der Waals surface area contributed by atoms with Crippen molar-refractivity contribution < 1.29 is 4.79 Å². The molecule has 0 N–H and O–H groups in total. The molecule has 0 saturated heterocycles. The molecule has 0 aromatic heterocycles. The van der Waals surface area contributed by atoms with Gasteiger partial charge in [0.1, 0.15) is 0 Å². The van der Waals surface area contributed by atoms with Crippen LogP contribution < -0.4 is 0 Å². The quantitative estimate of drug-likeness (QED) is 0.0846. The molecule has 144 valence electrons. The van der Waals surface area contributed by atoms with Crippen molar-refractivity contribution in [3.8, 4) is 0 Å². The van der Waals surface area contributed by atoms with Crippen LogP contribution in [0.3, 0.4) is 0 Å². The fourth-order valence-electron chi connectivity index (χ4n) is 2.71. The SMILES string of the molecule is CCCCCCCCSc1ccc(C=CC(=O)c2cc(I)cc(I)c2)cc1. The third-order valence-corrected chi connectivity index (χ3v) is 6.56. The number of allylic oxidation sites excluding steroid dienone is 1. The predicted molar refractivity (Wildman–Crippen MR) is 136 cm³/mol. The second-order valence-corrected chi connectivity index (χ2v) is 10.2. The molecular weight excluding hydrogens is 578 g/mol. The molecule has 1 nitrogen and oxygen atoms in total. The van der Waals surface area contributed by atoms with E-state index in [0.717, 1.165) is 18.3 Å². The van der Waals surface area contributed by atoms with Gasteiger partial charge in [-0.05, 0) is 99.3 Å². The summed E-state index contributed by atoms with van der Waals surface area (Å²) in [6.45, 7) is 2.26. The minimum atomic E-state index is 0.0490. The molecule has 0 radical (unpaired) electrons. The number of halogens is 2. The van der Waals surface area contributed by atoms with Crippen LogP contribution in [-0.2, 0) is 0 Å². The van der Waals surface area contributed by atoms with Crippen molar-refractivity contribution in [3.63, 3.8) is 0 Å². The zero-order valence-electron chi connectivity index (χ0n) is 15.7. The Labute approximate surface area is 195 Å². The van der Waals surface area contributed by atoms with E-state index in [4.69, 9.17) is 0 Å². The summed E-state index contributed by atoms with van der Waals surface area (Å²) in [6.07, 6.45) is 11.6. The molecule has 0 unspecified atom stereocenters. The topological polar surface area (TPSA) is 17.1 Å². The smallest absolute Gasteiger partial charge is 0.185 e. The third kappa shape index (κ3) is 9.13. The van der Waals surface area contributed by atoms with Gasteiger partial charge in [-0.3, -0.25) is 4.79 Å². The number of hydrogen-bond acceptors (Lipinski definition) is 2. The van der Waals surface area contributed by atoms with Gasteiger partial charge in [-0.1, -0.05) is 57.2 Å². The molecule has 27 heavy (non-hydrogen) atoms. The van der Waals surface area contributed by atoms with Gasteiger partial charge in [0.15, 0.2) is 5.78 Å². The van der Waals surface area contributed by atoms with Crippen molar-refractivity contribution in [2.24, 2.45) is 0 Å². The van der Waals surface area contributed by atoms with Crippen molar-refractivity contribution in [3.05, 3.63) is 66.8 Å². The molecule has 0 aliphatic rings. The summed E-state index contributed by atoms with van der Waals surface area (Å²) in [6, 6.07) is 14.4. The Bertz CT molecular complexity index is 733. The number of carbonyl (C=O) groups excluding carboxylic acids is 1. The van der Waals surface area contributed by atoms with Gasteiger partial charge in [-0.15, -0.1) is 11.8 Å². The minimum Gasteiger partial charge on any atom is -0.289 e. The molecule has 0 fully saturated rings. The van der Waals surface area contributed by atoms with Crippen molar-refractivity contribution in [2.45, 2.75) is 50.3 Å². The Morgan fingerprint density at radius 3 is 2.22 bits per heavy atom. The Kier molecular flexibility index (Phi) is 11.0. The number of hydrogen-bond donors (Lipinski definition) is 0. The highest BCUT2D eigenvalue weighted by atomic mass is 127. The van der Waals surface area contributed by atoms with Crippen LogP contribution >= 0.6 is 56.9 Å². The van der Waals surface area contributed by atoms with E-state index in [1.54, 1.807) is 6.08 Å². The van der Waals surface area contributed by atoms with E-state index in [1.807, 2.05) is 30.0 Å². The Morgan fingerprint density at radius 2 is 1.56 bits per heavy atom. The first-order chi connectivity index (χ1) is 13.1. The largest absolute Gasteiger partial charge is 0.289 e. The van der Waals surface area contributed by atoms with E-state index in [1.165, 1.54) is 49.2 Å². The van der Waals surface area contributed by atoms with Crippen molar-refractivity contribution in [1.29, 1.82) is 0 Å². The first-order valence-electron chi connectivity index (χ1n) is 9.50. The molecule has 0 saturated carbocycles. The van der Waals surface area contributed by atoms with Gasteiger partial charge < -0.3 is 0 Å². The molecule has 0 aliphatic carbocycles. The number of thioether (sulfide) groups is 1. The third-order valence-electron chi connectivity index (χ3n) is 4.22. The number of rotatable bonds is 11. The van der Waals surface area contributed by atoms with Gasteiger partial charge in [-0.25, -0.2) is 0 Å². The van der Waals surface area contributed by atoms with Crippen molar-refractivity contribution in [1.82, 2.24) is 0 Å². The van der Waals surface area contributed by atoms with Crippen LogP contribution in [0.25, 0.3) is 6.08 Å². The second-order valence-electron chi connectivity index (χ2n) is 6.54. The number of unbranched alkanes of at least 4 members (excludes halogenated alkanes) is 5. The maximum atomic E-state index is 12.4. The van der Waals surface area contributed by atoms with Gasteiger partial charge in [0.25, 0.3) is 0 Å². The lowest BCUT2D eigenvalue weighted by Crippen LogP contribution is -1.95. The highest BCUT2D eigenvalue weighted by Crippen LogP contribution is 2.21. The Morgan fingerprint density at radius 1 is 0.926 bits per heavy atom. The van der Waals surface area contributed by atoms with Crippen molar-refractivity contribution in [2.75, 3.05) is 5.75 Å². The fraction of sp³-hybridized carbons (Fsp3) is 0.348. The zero-order chi connectivity index (χ0) is 19.5. The minimum absolute atomic E-state index is 0.0490. The summed E-state index contributed by atoms with van der Waals surface area (Å²) in [5, 5.41) is 0. The van der Waals surface area contributed by atoms with Gasteiger partial charge in [0.2, 0.25) is 0 Å². The second kappa shape index (κ2) is 13.0. The highest BCUT2D eigenvalue weighted by Gasteiger charge is 2.04. The van der Waals surface area contributed by atoms with Gasteiger partial charge in [0, 0.05) is 17.6 Å². The van der Waals surface area contributed by atoms with Crippen LogP contribution in [0.5, 0.6) is 0 Å². The summed E-state index contributed by atoms with van der Waals surface area (Å²) in [5.41, 5.74) is 1.81. The number of benzene rings is 2. The van der Waals surface area contributed by atoms with E-state index in [0.29, 0.717) is 0 Å². The van der Waals surface area contributed by atoms with E-state index in [-0.39, 0.29) is 5.78 Å². The summed E-state index contributed by atoms with van der Waals surface area (Å²) < 4.78 is 2.17. The highest BCUT2D eigenvalue weighted by molar-refractivity contribution is 14.1. The van der Waals surface area contributed by atoms with E-state index in [9.17, 15) is 4.79 Å². The van der Waals surface area contributed by atoms with Gasteiger partial charge in [0.05, 0.1) is 0 Å². The predicted octanol–water partition coefficient (Wildman–Crippen LogP) is 8.24. The normalized spacial score (nSPS) is 11.2. The first-order valence-corrected chi connectivity index (χ1v) is 12.6. The van der Waals surface area contributed by atoms with E-state index in [2.05, 4.69) is 82.4 Å². The Hall–Kier alpha value is -0.340. The van der Waals surface area contributed by atoms with Crippen LogP contribution in [0.15, 0.2) is 53.4 Å². The van der Waals surface area contributed by atoms with E-state index < -0.39 is 0 Å². The summed E-state index contributed by atoms with van der Waals surface area (Å²) in [7, 11) is 0. The fourth-order valence-corrected chi connectivity index (χ4v) is 5.56. The number of carbonyl (C=O) groups is 1. The molecule has 0 atom stereocenters. The summed E-state index contributed by atoms with van der Waals surface area (Å²) >= 11 is 6.42. The average Bonchev–Trinajstić information content (AvgIpc) is 2.65. The lowest BCUT2D eigenvalue weighted by atomic mass is 10.1.